The third kappa shape index (κ3) is 1.87. The Kier molecular flexibility index (Phi) is 2.99. The van der Waals surface area contributed by atoms with Gasteiger partial charge in [-0.1, -0.05) is 30.3 Å². The molecule has 0 amide bonds. The van der Waals surface area contributed by atoms with Gasteiger partial charge in [0.1, 0.15) is 0 Å². The summed E-state index contributed by atoms with van der Waals surface area (Å²) in [5.41, 5.74) is 2.01. The number of nitrogens with one attached hydrogen (secondary N) is 1. The Morgan fingerprint density at radius 2 is 1.88 bits per heavy atom. The van der Waals surface area contributed by atoms with Crippen LogP contribution in [0.1, 0.15) is 24.2 Å². The van der Waals surface area contributed by atoms with Crippen LogP contribution in [0.3, 0.4) is 0 Å². The van der Waals surface area contributed by atoms with Crippen molar-refractivity contribution >= 4 is 16.9 Å². The maximum atomic E-state index is 12.2. The second kappa shape index (κ2) is 4.95. The molecule has 7 heteroatoms. The Morgan fingerprint density at radius 1 is 1.17 bits per heavy atom. The first-order valence-electron chi connectivity index (χ1n) is 7.73. The number of aromatic nitrogens is 5. The lowest BCUT2D eigenvalue weighted by molar-refractivity contribution is 0.639. The van der Waals surface area contributed by atoms with Crippen molar-refractivity contribution in [1.29, 1.82) is 0 Å². The maximum absolute atomic E-state index is 12.2. The van der Waals surface area contributed by atoms with E-state index >= 15 is 0 Å². The molecule has 0 unspecified atom stereocenters. The normalized spacial score (nSPS) is 13.0. The minimum atomic E-state index is -0.465. The zero-order valence-corrected chi connectivity index (χ0v) is 13.6. The molecule has 0 aliphatic rings. The Hall–Kier alpha value is -3.09. The molecule has 1 N–H and O–H groups in total. The van der Waals surface area contributed by atoms with E-state index in [-0.39, 0.29) is 6.04 Å². The third-order valence-electron chi connectivity index (χ3n) is 4.51. The van der Waals surface area contributed by atoms with E-state index in [1.54, 1.807) is 11.4 Å². The van der Waals surface area contributed by atoms with Crippen LogP contribution in [0.5, 0.6) is 0 Å². The molecule has 3 aromatic heterocycles. The van der Waals surface area contributed by atoms with Gasteiger partial charge in [-0.25, -0.2) is 4.79 Å². The molecule has 3 heterocycles. The Labute approximate surface area is 136 Å². The molecule has 0 radical (unpaired) electrons. The average Bonchev–Trinajstić information content (AvgIpc) is 3.07. The van der Waals surface area contributed by atoms with E-state index in [9.17, 15) is 9.59 Å². The number of nitrogens with zero attached hydrogens (tertiary/aromatic N) is 4. The topological polar surface area (TPSA) is 77.1 Å². The minimum absolute atomic E-state index is 0.0524. The predicted octanol–water partition coefficient (Wildman–Crippen LogP) is 1.59. The van der Waals surface area contributed by atoms with E-state index in [1.165, 1.54) is 4.57 Å². The van der Waals surface area contributed by atoms with Crippen molar-refractivity contribution in [1.82, 2.24) is 23.5 Å². The largest absolute Gasteiger partial charge is 0.329 e. The van der Waals surface area contributed by atoms with Gasteiger partial charge in [-0.2, -0.15) is 4.98 Å². The van der Waals surface area contributed by atoms with Gasteiger partial charge in [0.2, 0.25) is 5.78 Å². The van der Waals surface area contributed by atoms with Crippen molar-refractivity contribution in [3.05, 3.63) is 68.6 Å². The van der Waals surface area contributed by atoms with Crippen LogP contribution in [0.2, 0.25) is 0 Å². The van der Waals surface area contributed by atoms with E-state index in [0.717, 1.165) is 11.3 Å². The van der Waals surface area contributed by atoms with Crippen molar-refractivity contribution in [3.63, 3.8) is 0 Å². The zero-order chi connectivity index (χ0) is 17.0. The van der Waals surface area contributed by atoms with Crippen LogP contribution in [-0.4, -0.2) is 23.5 Å². The van der Waals surface area contributed by atoms with Gasteiger partial charge in [0.05, 0.1) is 6.04 Å². The fraction of sp³-hybridized carbons (Fsp3) is 0.235. The Morgan fingerprint density at radius 3 is 2.58 bits per heavy atom. The first-order valence-corrected chi connectivity index (χ1v) is 7.73. The molecule has 0 aliphatic heterocycles. The van der Waals surface area contributed by atoms with Crippen LogP contribution in [0, 0.1) is 6.92 Å². The number of benzene rings is 1. The average molecular weight is 323 g/mol. The fourth-order valence-corrected chi connectivity index (χ4v) is 3.25. The summed E-state index contributed by atoms with van der Waals surface area (Å²) < 4.78 is 5.18. The highest BCUT2D eigenvalue weighted by Gasteiger charge is 2.20. The number of aromatic amines is 1. The van der Waals surface area contributed by atoms with E-state index < -0.39 is 11.2 Å². The third-order valence-corrected chi connectivity index (χ3v) is 4.51. The summed E-state index contributed by atoms with van der Waals surface area (Å²) in [7, 11) is 1.60. The lowest BCUT2D eigenvalue weighted by atomic mass is 10.1. The monoisotopic (exact) mass is 323 g/mol. The van der Waals surface area contributed by atoms with Crippen LogP contribution in [0.4, 0.5) is 0 Å². The summed E-state index contributed by atoms with van der Waals surface area (Å²) in [6.07, 6.45) is 1.88. The molecular weight excluding hydrogens is 306 g/mol. The fourth-order valence-electron chi connectivity index (χ4n) is 3.25. The minimum Gasteiger partial charge on any atom is -0.307 e. The number of fused-ring (bicyclic) bond motifs is 3. The van der Waals surface area contributed by atoms with Crippen molar-refractivity contribution in [3.8, 4) is 0 Å². The quantitative estimate of drug-likeness (QED) is 0.608. The highest BCUT2D eigenvalue weighted by Crippen LogP contribution is 2.24. The summed E-state index contributed by atoms with van der Waals surface area (Å²) in [5, 5.41) is 0. The van der Waals surface area contributed by atoms with E-state index in [1.807, 2.05) is 31.3 Å². The highest BCUT2D eigenvalue weighted by molar-refractivity contribution is 5.75. The van der Waals surface area contributed by atoms with Crippen LogP contribution in [0.25, 0.3) is 16.9 Å². The number of hydrogen-bond donors (Lipinski definition) is 1. The molecule has 0 spiro atoms. The molecule has 0 aliphatic carbocycles. The summed E-state index contributed by atoms with van der Waals surface area (Å²) in [6.45, 7) is 4.07. The molecule has 7 nitrogen and oxygen atoms in total. The molecule has 122 valence electrons. The molecule has 1 aromatic carbocycles. The van der Waals surface area contributed by atoms with Crippen molar-refractivity contribution in [2.45, 2.75) is 19.9 Å². The van der Waals surface area contributed by atoms with Crippen LogP contribution in [-0.2, 0) is 7.05 Å². The molecule has 0 fully saturated rings. The van der Waals surface area contributed by atoms with Crippen molar-refractivity contribution in [2.75, 3.05) is 0 Å². The lowest BCUT2D eigenvalue weighted by Gasteiger charge is -2.16. The number of hydrogen-bond acceptors (Lipinski definition) is 3. The van der Waals surface area contributed by atoms with Crippen LogP contribution in [0.15, 0.2) is 46.1 Å². The number of H-pyrrole nitrogens is 1. The second-order valence-corrected chi connectivity index (χ2v) is 6.00. The van der Waals surface area contributed by atoms with Crippen molar-refractivity contribution < 1.29 is 0 Å². The zero-order valence-electron chi connectivity index (χ0n) is 13.6. The van der Waals surface area contributed by atoms with Gasteiger partial charge in [0.15, 0.2) is 11.2 Å². The number of imidazole rings is 2. The number of aryl methyl sites for hydroxylation is 2. The summed E-state index contributed by atoms with van der Waals surface area (Å²) in [6, 6.07) is 10.2. The first-order chi connectivity index (χ1) is 11.5. The van der Waals surface area contributed by atoms with Crippen LogP contribution >= 0.6 is 0 Å². The Balaban J connectivity index is 2.08. The molecule has 4 aromatic rings. The predicted molar refractivity (Wildman–Crippen MR) is 91.5 cm³/mol. The SMILES string of the molecule is Cc1cn2c3c(=O)[nH]c(=O)n(C)c3nc2n1[C@H](C)c1ccccc1. The molecule has 24 heavy (non-hydrogen) atoms. The second-order valence-electron chi connectivity index (χ2n) is 6.00. The van der Waals surface area contributed by atoms with Gasteiger partial charge in [0.25, 0.3) is 5.56 Å². The van der Waals surface area contributed by atoms with Crippen molar-refractivity contribution in [2.24, 2.45) is 7.05 Å². The summed E-state index contributed by atoms with van der Waals surface area (Å²) in [4.78, 5) is 31.0. The van der Waals surface area contributed by atoms with E-state index in [2.05, 4.69) is 33.6 Å². The molecule has 4 rings (SSSR count). The highest BCUT2D eigenvalue weighted by atomic mass is 16.2. The maximum Gasteiger partial charge on any atom is 0.329 e. The molecule has 0 saturated heterocycles. The first kappa shape index (κ1) is 14.5. The smallest absolute Gasteiger partial charge is 0.307 e. The van der Waals surface area contributed by atoms with Gasteiger partial charge in [0, 0.05) is 18.9 Å². The lowest BCUT2D eigenvalue weighted by Crippen LogP contribution is -2.28. The Bertz CT molecular complexity index is 1180. The van der Waals surface area contributed by atoms with Gasteiger partial charge >= 0.3 is 5.69 Å². The van der Waals surface area contributed by atoms with Gasteiger partial charge in [-0.05, 0) is 19.4 Å². The summed E-state index contributed by atoms with van der Waals surface area (Å²) >= 11 is 0. The van der Waals surface area contributed by atoms with Gasteiger partial charge < -0.3 is 4.57 Å². The standard InChI is InChI=1S/C17H17N5O2/c1-10-9-21-13-14(20(3)17(24)19-15(13)23)18-16(21)22(10)11(2)12-7-5-4-6-8-12/h4-9,11H,1-3H3,(H,19,23,24)/t11-/m1/s1. The molecule has 0 saturated carbocycles. The molecular formula is C17H17N5O2. The molecule has 1 atom stereocenters. The van der Waals surface area contributed by atoms with Crippen LogP contribution < -0.4 is 11.2 Å². The van der Waals surface area contributed by atoms with E-state index in [0.29, 0.717) is 16.9 Å². The summed E-state index contributed by atoms with van der Waals surface area (Å²) in [5.74, 6) is 0.644. The van der Waals surface area contributed by atoms with Gasteiger partial charge in [-0.15, -0.1) is 0 Å². The number of rotatable bonds is 2. The van der Waals surface area contributed by atoms with Gasteiger partial charge in [-0.3, -0.25) is 18.7 Å². The molecule has 0 bridgehead atoms. The van der Waals surface area contributed by atoms with E-state index in [4.69, 9.17) is 0 Å².